The third kappa shape index (κ3) is 2.28. The SMILES string of the molecule is c1ccc(-n2c3ccccc3c3cc4ncc5c(c4cc32)C2CC3CC(CC5C3)C2)cc1. The summed E-state index contributed by atoms with van der Waals surface area (Å²) in [5.41, 5.74) is 8.21. The number of fused-ring (bicyclic) bond motifs is 4. The second kappa shape index (κ2) is 6.22. The lowest BCUT2D eigenvalue weighted by Gasteiger charge is -2.38. The molecule has 5 aromatic rings. The van der Waals surface area contributed by atoms with Gasteiger partial charge in [0, 0.05) is 28.0 Å². The van der Waals surface area contributed by atoms with Gasteiger partial charge in [-0.1, -0.05) is 36.4 Å². The van der Waals surface area contributed by atoms with Crippen LogP contribution in [0.5, 0.6) is 0 Å². The van der Waals surface area contributed by atoms with Crippen LogP contribution in [0.4, 0.5) is 0 Å². The van der Waals surface area contributed by atoms with Crippen LogP contribution in [-0.2, 0) is 0 Å². The van der Waals surface area contributed by atoms with Crippen LogP contribution < -0.4 is 0 Å². The Morgan fingerprint density at radius 2 is 1.41 bits per heavy atom. The van der Waals surface area contributed by atoms with Crippen molar-refractivity contribution in [3.05, 3.63) is 84.1 Å². The zero-order chi connectivity index (χ0) is 20.8. The van der Waals surface area contributed by atoms with E-state index in [2.05, 4.69) is 77.5 Å². The van der Waals surface area contributed by atoms with Gasteiger partial charge in [0.25, 0.3) is 0 Å². The molecule has 4 aliphatic rings. The second-order valence-electron chi connectivity index (χ2n) is 10.5. The van der Waals surface area contributed by atoms with Gasteiger partial charge < -0.3 is 4.57 Å². The van der Waals surface area contributed by atoms with Crippen LogP contribution >= 0.6 is 0 Å². The van der Waals surface area contributed by atoms with Gasteiger partial charge >= 0.3 is 0 Å². The molecule has 9 rings (SSSR count). The lowest BCUT2D eigenvalue weighted by atomic mass is 9.67. The quantitative estimate of drug-likeness (QED) is 0.274. The van der Waals surface area contributed by atoms with Crippen LogP contribution in [-0.4, -0.2) is 9.55 Å². The largest absolute Gasteiger partial charge is 0.309 e. The minimum absolute atomic E-state index is 0.721. The smallest absolute Gasteiger partial charge is 0.0712 e. The highest BCUT2D eigenvalue weighted by atomic mass is 15.0. The average molecular weight is 415 g/mol. The molecule has 2 aromatic heterocycles. The maximum atomic E-state index is 5.07. The number of aromatic nitrogens is 2. The molecule has 2 atom stereocenters. The van der Waals surface area contributed by atoms with Crippen LogP contribution in [0.3, 0.4) is 0 Å². The molecular weight excluding hydrogens is 388 g/mol. The Labute approximate surface area is 187 Å². The molecule has 2 nitrogen and oxygen atoms in total. The van der Waals surface area contributed by atoms with Gasteiger partial charge in [-0.05, 0) is 97.2 Å². The summed E-state index contributed by atoms with van der Waals surface area (Å²) in [5.74, 6) is 3.31. The maximum Gasteiger partial charge on any atom is 0.0712 e. The summed E-state index contributed by atoms with van der Waals surface area (Å²) in [6.45, 7) is 0. The molecule has 0 radical (unpaired) electrons. The standard InChI is InChI=1S/C30H26N2/c1-2-6-22(7-3-1)32-28-9-5-4-8-23(28)24-15-27-25(16-29(24)32)30-21-13-18-10-19(14-21)12-20(11-18)26(30)17-31-27/h1-9,15-21H,10-14H2. The van der Waals surface area contributed by atoms with E-state index in [1.54, 1.807) is 11.1 Å². The van der Waals surface area contributed by atoms with Crippen molar-refractivity contribution in [2.24, 2.45) is 11.8 Å². The van der Waals surface area contributed by atoms with Crippen molar-refractivity contribution in [1.82, 2.24) is 9.55 Å². The van der Waals surface area contributed by atoms with Gasteiger partial charge in [0.1, 0.15) is 0 Å². The fourth-order valence-electron chi connectivity index (χ4n) is 7.67. The number of hydrogen-bond donors (Lipinski definition) is 0. The molecule has 0 amide bonds. The summed E-state index contributed by atoms with van der Waals surface area (Å²) in [5, 5.41) is 4.03. The van der Waals surface area contributed by atoms with Crippen molar-refractivity contribution in [2.45, 2.75) is 43.9 Å². The summed E-state index contributed by atoms with van der Waals surface area (Å²) < 4.78 is 2.45. The highest BCUT2D eigenvalue weighted by molar-refractivity contribution is 6.13. The van der Waals surface area contributed by atoms with E-state index in [4.69, 9.17) is 4.98 Å². The van der Waals surface area contributed by atoms with Crippen molar-refractivity contribution < 1.29 is 0 Å². The van der Waals surface area contributed by atoms with E-state index in [0.29, 0.717) is 0 Å². The minimum Gasteiger partial charge on any atom is -0.309 e. The van der Waals surface area contributed by atoms with Gasteiger partial charge in [-0.3, -0.25) is 4.98 Å². The third-order valence-electron chi connectivity index (χ3n) is 8.73. The van der Waals surface area contributed by atoms with E-state index < -0.39 is 0 Å². The monoisotopic (exact) mass is 414 g/mol. The molecule has 32 heavy (non-hydrogen) atoms. The van der Waals surface area contributed by atoms with Crippen LogP contribution in [0.1, 0.15) is 55.1 Å². The predicted octanol–water partition coefficient (Wildman–Crippen LogP) is 7.72. The fraction of sp³-hybridized carbons (Fsp3) is 0.300. The Morgan fingerprint density at radius 1 is 0.656 bits per heavy atom. The van der Waals surface area contributed by atoms with Crippen molar-refractivity contribution in [2.75, 3.05) is 0 Å². The van der Waals surface area contributed by atoms with Crippen molar-refractivity contribution in [3.63, 3.8) is 0 Å². The average Bonchev–Trinajstić information content (AvgIpc) is 3.04. The van der Waals surface area contributed by atoms with Crippen molar-refractivity contribution >= 4 is 32.7 Å². The molecule has 0 N–H and O–H groups in total. The van der Waals surface area contributed by atoms with Crippen molar-refractivity contribution in [3.8, 4) is 5.69 Å². The lowest BCUT2D eigenvalue weighted by Crippen LogP contribution is -2.25. The molecule has 2 saturated carbocycles. The van der Waals surface area contributed by atoms with E-state index in [1.165, 1.54) is 70.5 Å². The first-order chi connectivity index (χ1) is 15.8. The Bertz CT molecular complexity index is 1510. The molecule has 0 aliphatic heterocycles. The number of benzene rings is 3. The normalized spacial score (nSPS) is 26.1. The zero-order valence-corrected chi connectivity index (χ0v) is 18.2. The topological polar surface area (TPSA) is 17.8 Å². The fourth-order valence-corrected chi connectivity index (χ4v) is 7.67. The molecule has 4 aliphatic carbocycles. The number of hydrogen-bond acceptors (Lipinski definition) is 1. The van der Waals surface area contributed by atoms with Crippen molar-refractivity contribution in [1.29, 1.82) is 0 Å². The lowest BCUT2D eigenvalue weighted by molar-refractivity contribution is 0.166. The molecule has 2 fully saturated rings. The number of nitrogens with zero attached hydrogens (tertiary/aromatic N) is 2. The van der Waals surface area contributed by atoms with E-state index in [0.717, 1.165) is 23.7 Å². The highest BCUT2D eigenvalue weighted by Gasteiger charge is 2.42. The van der Waals surface area contributed by atoms with E-state index >= 15 is 0 Å². The Balaban J connectivity index is 1.50. The van der Waals surface area contributed by atoms with E-state index in [1.807, 2.05) is 0 Å². The molecular formula is C30H26N2. The Hall–Kier alpha value is -3.13. The highest BCUT2D eigenvalue weighted by Crippen LogP contribution is 2.57. The molecule has 2 unspecified atom stereocenters. The third-order valence-corrected chi connectivity index (χ3v) is 8.73. The number of rotatable bonds is 1. The first kappa shape index (κ1) is 17.4. The van der Waals surface area contributed by atoms with Gasteiger partial charge in [-0.15, -0.1) is 0 Å². The van der Waals surface area contributed by atoms with E-state index in [-0.39, 0.29) is 0 Å². The van der Waals surface area contributed by atoms with Crippen LogP contribution in [0.15, 0.2) is 72.9 Å². The summed E-state index contributed by atoms with van der Waals surface area (Å²) in [6.07, 6.45) is 9.28. The molecule has 0 spiro atoms. The Morgan fingerprint density at radius 3 is 2.25 bits per heavy atom. The Kier molecular flexibility index (Phi) is 3.39. The van der Waals surface area contributed by atoms with Crippen LogP contribution in [0, 0.1) is 11.8 Å². The number of para-hydroxylation sites is 2. The molecule has 4 bridgehead atoms. The van der Waals surface area contributed by atoms with Gasteiger partial charge in [-0.2, -0.15) is 0 Å². The first-order valence-electron chi connectivity index (χ1n) is 12.2. The molecule has 3 aromatic carbocycles. The van der Waals surface area contributed by atoms with Gasteiger partial charge in [0.05, 0.1) is 16.6 Å². The zero-order valence-electron chi connectivity index (χ0n) is 18.2. The summed E-state index contributed by atoms with van der Waals surface area (Å²) in [6, 6.07) is 24.5. The van der Waals surface area contributed by atoms with Gasteiger partial charge in [0.15, 0.2) is 0 Å². The molecule has 2 heterocycles. The van der Waals surface area contributed by atoms with Crippen LogP contribution in [0.2, 0.25) is 0 Å². The predicted molar refractivity (Wildman–Crippen MR) is 132 cm³/mol. The van der Waals surface area contributed by atoms with Crippen LogP contribution in [0.25, 0.3) is 38.4 Å². The van der Waals surface area contributed by atoms with Gasteiger partial charge in [-0.25, -0.2) is 0 Å². The molecule has 156 valence electrons. The summed E-state index contributed by atoms with van der Waals surface area (Å²) in [4.78, 5) is 5.07. The molecule has 0 saturated heterocycles. The van der Waals surface area contributed by atoms with E-state index in [9.17, 15) is 0 Å². The van der Waals surface area contributed by atoms with Gasteiger partial charge in [0.2, 0.25) is 0 Å². The first-order valence-corrected chi connectivity index (χ1v) is 12.2. The molecule has 2 heteroatoms. The second-order valence-corrected chi connectivity index (χ2v) is 10.5. The minimum atomic E-state index is 0.721. The number of pyridine rings is 1. The summed E-state index contributed by atoms with van der Waals surface area (Å²) >= 11 is 0. The maximum absolute atomic E-state index is 5.07. The summed E-state index contributed by atoms with van der Waals surface area (Å²) in [7, 11) is 0.